The van der Waals surface area contributed by atoms with Crippen molar-refractivity contribution in [3.8, 4) is 11.5 Å². The third-order valence-corrected chi connectivity index (χ3v) is 3.23. The molecule has 0 radical (unpaired) electrons. The summed E-state index contributed by atoms with van der Waals surface area (Å²) in [5.41, 5.74) is 5.50. The van der Waals surface area contributed by atoms with Crippen molar-refractivity contribution < 1.29 is 23.2 Å². The van der Waals surface area contributed by atoms with E-state index >= 15 is 0 Å². The highest BCUT2D eigenvalue weighted by molar-refractivity contribution is 7.85. The van der Waals surface area contributed by atoms with E-state index in [1.165, 1.54) is 12.1 Å². The Balaban J connectivity index is 2.94. The Kier molecular flexibility index (Phi) is 2.37. The van der Waals surface area contributed by atoms with E-state index < -0.39 is 15.0 Å². The van der Waals surface area contributed by atoms with E-state index in [2.05, 4.69) is 0 Å². The van der Waals surface area contributed by atoms with E-state index in [1.54, 1.807) is 0 Å². The highest BCUT2D eigenvalue weighted by Crippen LogP contribution is 2.36. The second kappa shape index (κ2) is 3.51. The Hall–Kier alpha value is -1.99. The molecule has 0 atom stereocenters. The number of aromatic hydroxyl groups is 2. The smallest absolute Gasteiger partial charge is 0.294 e. The van der Waals surface area contributed by atoms with Crippen molar-refractivity contribution in [2.45, 2.75) is 4.90 Å². The van der Waals surface area contributed by atoms with Crippen LogP contribution in [0.5, 0.6) is 11.5 Å². The van der Waals surface area contributed by atoms with Crippen LogP contribution < -0.4 is 5.73 Å². The molecule has 2 rings (SSSR count). The van der Waals surface area contributed by atoms with Crippen molar-refractivity contribution in [1.29, 1.82) is 0 Å². The number of nitrogen functional groups attached to an aromatic ring is 1. The largest absolute Gasteiger partial charge is 0.507 e. The van der Waals surface area contributed by atoms with Crippen LogP contribution >= 0.6 is 0 Å². The molecular formula is C10H9NO5S. The molecule has 2 aromatic carbocycles. The van der Waals surface area contributed by atoms with Crippen LogP contribution in [0.15, 0.2) is 29.2 Å². The van der Waals surface area contributed by atoms with Crippen LogP contribution in [0.25, 0.3) is 10.8 Å². The standard InChI is InChI=1S/C10H9NO5S/c11-10-7-3-5(17(14,15)16)4-9(13)6(7)1-2-8(10)12/h1-4,12-13H,11H2,(H,14,15,16). The predicted octanol–water partition coefficient (Wildman–Crippen LogP) is 1.08. The van der Waals surface area contributed by atoms with E-state index in [1.807, 2.05) is 0 Å². The number of phenols is 2. The van der Waals surface area contributed by atoms with E-state index in [-0.39, 0.29) is 28.0 Å². The van der Waals surface area contributed by atoms with Crippen LogP contribution in [0.1, 0.15) is 0 Å². The van der Waals surface area contributed by atoms with Gasteiger partial charge in [-0.2, -0.15) is 8.42 Å². The summed E-state index contributed by atoms with van der Waals surface area (Å²) in [5, 5.41) is 19.4. The number of rotatable bonds is 1. The number of nitrogens with two attached hydrogens (primary N) is 1. The van der Waals surface area contributed by atoms with Crippen molar-refractivity contribution >= 4 is 26.6 Å². The summed E-state index contributed by atoms with van der Waals surface area (Å²) < 4.78 is 30.8. The van der Waals surface area contributed by atoms with Gasteiger partial charge in [0.1, 0.15) is 11.5 Å². The molecule has 17 heavy (non-hydrogen) atoms. The number of fused-ring (bicyclic) bond motifs is 1. The first-order valence-electron chi connectivity index (χ1n) is 4.52. The van der Waals surface area contributed by atoms with Crippen molar-refractivity contribution in [2.75, 3.05) is 5.73 Å². The molecule has 0 aromatic heterocycles. The fourth-order valence-corrected chi connectivity index (χ4v) is 2.08. The first kappa shape index (κ1) is 11.5. The highest BCUT2D eigenvalue weighted by Gasteiger charge is 2.15. The van der Waals surface area contributed by atoms with Crippen molar-refractivity contribution in [3.05, 3.63) is 24.3 Å². The van der Waals surface area contributed by atoms with Crippen LogP contribution in [0.4, 0.5) is 5.69 Å². The minimum atomic E-state index is -4.44. The van der Waals surface area contributed by atoms with Gasteiger partial charge in [0.15, 0.2) is 0 Å². The third kappa shape index (κ3) is 1.85. The lowest BCUT2D eigenvalue weighted by Crippen LogP contribution is -1.98. The Morgan fingerprint density at radius 1 is 1.00 bits per heavy atom. The Labute approximate surface area is 96.7 Å². The maximum Gasteiger partial charge on any atom is 0.294 e. The van der Waals surface area contributed by atoms with Gasteiger partial charge in [0.05, 0.1) is 10.6 Å². The summed E-state index contributed by atoms with van der Waals surface area (Å²) >= 11 is 0. The highest BCUT2D eigenvalue weighted by atomic mass is 32.2. The quantitative estimate of drug-likeness (QED) is 0.344. The number of hydrogen-bond donors (Lipinski definition) is 4. The summed E-state index contributed by atoms with van der Waals surface area (Å²) in [5.74, 6) is -0.578. The first-order valence-corrected chi connectivity index (χ1v) is 5.96. The van der Waals surface area contributed by atoms with Gasteiger partial charge in [-0.3, -0.25) is 4.55 Å². The minimum absolute atomic E-state index is 0.0664. The lowest BCUT2D eigenvalue weighted by atomic mass is 10.1. The summed E-state index contributed by atoms with van der Waals surface area (Å²) in [6, 6.07) is 4.67. The lowest BCUT2D eigenvalue weighted by molar-refractivity contribution is 0.469. The molecular weight excluding hydrogens is 246 g/mol. The van der Waals surface area contributed by atoms with E-state index in [0.29, 0.717) is 0 Å². The zero-order valence-electron chi connectivity index (χ0n) is 8.45. The molecule has 0 unspecified atom stereocenters. The monoisotopic (exact) mass is 255 g/mol. The van der Waals surface area contributed by atoms with Crippen molar-refractivity contribution in [1.82, 2.24) is 0 Å². The molecule has 7 heteroatoms. The topological polar surface area (TPSA) is 121 Å². The summed E-state index contributed by atoms with van der Waals surface area (Å²) in [4.78, 5) is -0.486. The van der Waals surface area contributed by atoms with Crippen molar-refractivity contribution in [3.63, 3.8) is 0 Å². The van der Waals surface area contributed by atoms with Gasteiger partial charge in [-0.15, -0.1) is 0 Å². The lowest BCUT2D eigenvalue weighted by Gasteiger charge is -2.07. The second-order valence-electron chi connectivity index (χ2n) is 3.51. The van der Waals surface area contributed by atoms with Crippen LogP contribution in [0, 0.1) is 0 Å². The molecule has 0 heterocycles. The number of anilines is 1. The van der Waals surface area contributed by atoms with E-state index in [0.717, 1.165) is 12.1 Å². The molecule has 6 nitrogen and oxygen atoms in total. The number of benzene rings is 2. The maximum absolute atomic E-state index is 11.0. The van der Waals surface area contributed by atoms with Gasteiger partial charge >= 0.3 is 0 Å². The number of phenolic OH excluding ortho intramolecular Hbond substituents is 2. The normalized spacial score (nSPS) is 11.8. The molecule has 0 saturated carbocycles. The minimum Gasteiger partial charge on any atom is -0.507 e. The van der Waals surface area contributed by atoms with Crippen molar-refractivity contribution in [2.24, 2.45) is 0 Å². The average molecular weight is 255 g/mol. The van der Waals surface area contributed by atoms with Gasteiger partial charge in [0.25, 0.3) is 10.1 Å². The predicted molar refractivity (Wildman–Crippen MR) is 61.5 cm³/mol. The Morgan fingerprint density at radius 3 is 2.24 bits per heavy atom. The summed E-state index contributed by atoms with van der Waals surface area (Å²) in [6.07, 6.45) is 0. The Bertz CT molecular complexity index is 708. The maximum atomic E-state index is 11.0. The molecule has 0 bridgehead atoms. The molecule has 2 aromatic rings. The van der Waals surface area contributed by atoms with Gasteiger partial charge in [-0.1, -0.05) is 0 Å². The molecule has 0 aliphatic heterocycles. The summed E-state index contributed by atoms with van der Waals surface area (Å²) in [6.45, 7) is 0. The number of hydrogen-bond acceptors (Lipinski definition) is 5. The fourth-order valence-electron chi connectivity index (χ4n) is 1.55. The van der Waals surface area contributed by atoms with Crippen LogP contribution in [-0.4, -0.2) is 23.2 Å². The summed E-state index contributed by atoms with van der Waals surface area (Å²) in [7, 11) is -4.44. The van der Waals surface area contributed by atoms with Gasteiger partial charge in [0, 0.05) is 16.8 Å². The van der Waals surface area contributed by atoms with Gasteiger partial charge < -0.3 is 15.9 Å². The van der Waals surface area contributed by atoms with E-state index in [4.69, 9.17) is 10.3 Å². The van der Waals surface area contributed by atoms with Crippen LogP contribution in [-0.2, 0) is 10.1 Å². The average Bonchev–Trinajstić information content (AvgIpc) is 2.22. The van der Waals surface area contributed by atoms with Gasteiger partial charge in [-0.05, 0) is 18.2 Å². The van der Waals surface area contributed by atoms with Crippen LogP contribution in [0.3, 0.4) is 0 Å². The second-order valence-corrected chi connectivity index (χ2v) is 4.93. The molecule has 5 N–H and O–H groups in total. The zero-order chi connectivity index (χ0) is 12.8. The molecule has 90 valence electrons. The molecule has 0 aliphatic rings. The molecule has 0 fully saturated rings. The van der Waals surface area contributed by atoms with Gasteiger partial charge in [0.2, 0.25) is 0 Å². The third-order valence-electron chi connectivity index (χ3n) is 2.40. The molecule has 0 amide bonds. The van der Waals surface area contributed by atoms with Crippen LogP contribution in [0.2, 0.25) is 0 Å². The Morgan fingerprint density at radius 2 is 1.65 bits per heavy atom. The molecule has 0 saturated heterocycles. The molecule has 0 spiro atoms. The molecule has 0 aliphatic carbocycles. The SMILES string of the molecule is Nc1c(O)ccc2c(O)cc(S(=O)(=O)O)cc12. The first-order chi connectivity index (χ1) is 7.80. The van der Waals surface area contributed by atoms with E-state index in [9.17, 15) is 18.6 Å². The zero-order valence-corrected chi connectivity index (χ0v) is 9.27. The van der Waals surface area contributed by atoms with Gasteiger partial charge in [-0.25, -0.2) is 0 Å². The fraction of sp³-hybridized carbons (Fsp3) is 0.